The quantitative estimate of drug-likeness (QED) is 0.454. The standard InChI is InChI=1S/C26H33NO3S/c1-19(2)14-17-26(15-6-7-16-26)25(29)27-22-8-4-5-9-23(22)31-24(28)18-20-10-12-21(30-3)13-11-20/h4-5,8-13,19H,6-7,14-18H2,1-3H3,(H,27,29). The summed E-state index contributed by atoms with van der Waals surface area (Å²) in [4.78, 5) is 26.8. The van der Waals surface area contributed by atoms with Crippen LogP contribution in [0, 0.1) is 11.3 Å². The van der Waals surface area contributed by atoms with Gasteiger partial charge in [0.05, 0.1) is 12.8 Å². The van der Waals surface area contributed by atoms with E-state index in [1.54, 1.807) is 7.11 Å². The van der Waals surface area contributed by atoms with Gasteiger partial charge in [-0.1, -0.05) is 51.0 Å². The van der Waals surface area contributed by atoms with Gasteiger partial charge in [-0.05, 0) is 73.2 Å². The van der Waals surface area contributed by atoms with Gasteiger partial charge in [0.1, 0.15) is 5.75 Å². The second kappa shape index (κ2) is 10.9. The topological polar surface area (TPSA) is 55.4 Å². The Labute approximate surface area is 190 Å². The lowest BCUT2D eigenvalue weighted by Gasteiger charge is -2.29. The zero-order valence-electron chi connectivity index (χ0n) is 18.8. The molecule has 0 saturated heterocycles. The van der Waals surface area contributed by atoms with Crippen molar-refractivity contribution in [1.82, 2.24) is 0 Å². The second-order valence-corrected chi connectivity index (χ2v) is 9.97. The number of nitrogens with one attached hydrogen (secondary N) is 1. The molecule has 1 amide bonds. The van der Waals surface area contributed by atoms with E-state index in [0.717, 1.165) is 60.4 Å². The maximum Gasteiger partial charge on any atom is 0.230 e. The SMILES string of the molecule is COc1ccc(CC(=O)Sc2ccccc2NC(=O)C2(CCC(C)C)CCCC2)cc1. The minimum absolute atomic E-state index is 0.0438. The van der Waals surface area contributed by atoms with Crippen LogP contribution < -0.4 is 10.1 Å². The fraction of sp³-hybridized carbons (Fsp3) is 0.462. The lowest BCUT2D eigenvalue weighted by molar-refractivity contribution is -0.126. The smallest absolute Gasteiger partial charge is 0.230 e. The number of amides is 1. The highest BCUT2D eigenvalue weighted by Crippen LogP contribution is 2.44. The van der Waals surface area contributed by atoms with Crippen molar-refractivity contribution in [2.24, 2.45) is 11.3 Å². The number of rotatable bonds is 9. The number of methoxy groups -OCH3 is 1. The molecule has 0 aromatic heterocycles. The van der Waals surface area contributed by atoms with Gasteiger partial charge < -0.3 is 10.1 Å². The molecule has 1 aliphatic rings. The van der Waals surface area contributed by atoms with Gasteiger partial charge in [-0.2, -0.15) is 0 Å². The maximum absolute atomic E-state index is 13.3. The Morgan fingerprint density at radius 2 is 1.74 bits per heavy atom. The molecule has 0 heterocycles. The average Bonchev–Trinajstić information content (AvgIpc) is 3.24. The third kappa shape index (κ3) is 6.36. The van der Waals surface area contributed by atoms with E-state index in [1.165, 1.54) is 11.8 Å². The van der Waals surface area contributed by atoms with Crippen LogP contribution in [-0.2, 0) is 16.0 Å². The maximum atomic E-state index is 13.3. The highest BCUT2D eigenvalue weighted by Gasteiger charge is 2.40. The summed E-state index contributed by atoms with van der Waals surface area (Å²) in [5, 5.41) is 3.22. The van der Waals surface area contributed by atoms with Gasteiger partial charge in [0.25, 0.3) is 0 Å². The van der Waals surface area contributed by atoms with Gasteiger partial charge in [0, 0.05) is 16.7 Å². The molecular weight excluding hydrogens is 406 g/mol. The minimum Gasteiger partial charge on any atom is -0.497 e. The predicted octanol–water partition coefficient (Wildman–Crippen LogP) is 6.49. The summed E-state index contributed by atoms with van der Waals surface area (Å²) in [6.07, 6.45) is 6.46. The molecule has 1 aliphatic carbocycles. The van der Waals surface area contributed by atoms with Crippen LogP contribution in [0.15, 0.2) is 53.4 Å². The molecule has 5 heteroatoms. The fourth-order valence-electron chi connectivity index (χ4n) is 4.19. The van der Waals surface area contributed by atoms with Gasteiger partial charge in [-0.15, -0.1) is 0 Å². The Morgan fingerprint density at radius 3 is 2.39 bits per heavy atom. The lowest BCUT2D eigenvalue weighted by atomic mass is 9.79. The Bertz CT molecular complexity index is 886. The van der Waals surface area contributed by atoms with Crippen molar-refractivity contribution < 1.29 is 14.3 Å². The van der Waals surface area contributed by atoms with Crippen molar-refractivity contribution in [3.63, 3.8) is 0 Å². The van der Waals surface area contributed by atoms with Crippen LogP contribution in [0.1, 0.15) is 57.9 Å². The van der Waals surface area contributed by atoms with E-state index >= 15 is 0 Å². The van der Waals surface area contributed by atoms with Gasteiger partial charge in [-0.25, -0.2) is 0 Å². The number of thioether (sulfide) groups is 1. The molecule has 0 bridgehead atoms. The third-order valence-electron chi connectivity index (χ3n) is 6.11. The minimum atomic E-state index is -0.269. The summed E-state index contributed by atoms with van der Waals surface area (Å²) in [7, 11) is 1.62. The molecule has 0 aliphatic heterocycles. The number of ether oxygens (including phenoxy) is 1. The van der Waals surface area contributed by atoms with Gasteiger partial charge in [0.15, 0.2) is 5.12 Å². The molecule has 2 aromatic carbocycles. The van der Waals surface area contributed by atoms with E-state index in [9.17, 15) is 9.59 Å². The highest BCUT2D eigenvalue weighted by atomic mass is 32.2. The number of carbonyl (C=O) groups excluding carboxylic acids is 2. The molecular formula is C26H33NO3S. The van der Waals surface area contributed by atoms with Crippen LogP contribution in [0.5, 0.6) is 5.75 Å². The van der Waals surface area contributed by atoms with E-state index in [1.807, 2.05) is 48.5 Å². The Balaban J connectivity index is 1.67. The molecule has 0 radical (unpaired) electrons. The zero-order valence-corrected chi connectivity index (χ0v) is 19.6. The van der Waals surface area contributed by atoms with E-state index in [-0.39, 0.29) is 16.4 Å². The number of para-hydroxylation sites is 1. The normalized spacial score (nSPS) is 15.1. The summed E-state index contributed by atoms with van der Waals surface area (Å²) >= 11 is 1.19. The largest absolute Gasteiger partial charge is 0.497 e. The first-order chi connectivity index (χ1) is 14.9. The summed E-state index contributed by atoms with van der Waals surface area (Å²) < 4.78 is 5.17. The average molecular weight is 440 g/mol. The Morgan fingerprint density at radius 1 is 1.06 bits per heavy atom. The zero-order chi connectivity index (χ0) is 22.3. The number of hydrogen-bond acceptors (Lipinski definition) is 4. The summed E-state index contributed by atoms with van der Waals surface area (Å²) in [5.74, 6) is 1.47. The van der Waals surface area contributed by atoms with Crippen LogP contribution in [0.25, 0.3) is 0 Å². The molecule has 0 atom stereocenters. The van der Waals surface area contributed by atoms with Crippen LogP contribution in [0.4, 0.5) is 5.69 Å². The van der Waals surface area contributed by atoms with Crippen molar-refractivity contribution in [2.45, 2.75) is 63.7 Å². The van der Waals surface area contributed by atoms with E-state index in [2.05, 4.69) is 19.2 Å². The Hall–Kier alpha value is -2.27. The van der Waals surface area contributed by atoms with Crippen molar-refractivity contribution in [3.05, 3.63) is 54.1 Å². The second-order valence-electron chi connectivity index (χ2n) is 8.87. The van der Waals surface area contributed by atoms with Crippen molar-refractivity contribution in [1.29, 1.82) is 0 Å². The number of carbonyl (C=O) groups is 2. The summed E-state index contributed by atoms with van der Waals surface area (Å²) in [5.41, 5.74) is 1.41. The molecule has 1 saturated carbocycles. The molecule has 2 aromatic rings. The van der Waals surface area contributed by atoms with Crippen molar-refractivity contribution >= 4 is 28.5 Å². The number of benzene rings is 2. The van der Waals surface area contributed by atoms with Crippen LogP contribution in [0.3, 0.4) is 0 Å². The number of anilines is 1. The van der Waals surface area contributed by atoms with Gasteiger partial charge in [-0.3, -0.25) is 9.59 Å². The molecule has 31 heavy (non-hydrogen) atoms. The van der Waals surface area contributed by atoms with Crippen LogP contribution in [0.2, 0.25) is 0 Å². The molecule has 3 rings (SSSR count). The summed E-state index contributed by atoms with van der Waals surface area (Å²) in [6, 6.07) is 15.1. The monoisotopic (exact) mass is 439 g/mol. The fourth-order valence-corrected chi connectivity index (χ4v) is 5.05. The first-order valence-electron chi connectivity index (χ1n) is 11.2. The van der Waals surface area contributed by atoms with E-state index in [4.69, 9.17) is 4.74 Å². The molecule has 0 spiro atoms. The van der Waals surface area contributed by atoms with Gasteiger partial charge >= 0.3 is 0 Å². The van der Waals surface area contributed by atoms with Crippen LogP contribution >= 0.6 is 11.8 Å². The molecule has 1 N–H and O–H groups in total. The van der Waals surface area contributed by atoms with Crippen molar-refractivity contribution in [3.8, 4) is 5.75 Å². The molecule has 166 valence electrons. The lowest BCUT2D eigenvalue weighted by Crippen LogP contribution is -2.34. The summed E-state index contributed by atoms with van der Waals surface area (Å²) in [6.45, 7) is 4.42. The van der Waals surface area contributed by atoms with E-state index < -0.39 is 0 Å². The van der Waals surface area contributed by atoms with Crippen molar-refractivity contribution in [2.75, 3.05) is 12.4 Å². The van der Waals surface area contributed by atoms with E-state index in [0.29, 0.717) is 12.3 Å². The van der Waals surface area contributed by atoms with Gasteiger partial charge in [0.2, 0.25) is 5.91 Å². The first-order valence-corrected chi connectivity index (χ1v) is 12.0. The van der Waals surface area contributed by atoms with Crippen LogP contribution in [-0.4, -0.2) is 18.1 Å². The molecule has 4 nitrogen and oxygen atoms in total. The highest BCUT2D eigenvalue weighted by molar-refractivity contribution is 8.13. The molecule has 1 fully saturated rings. The predicted molar refractivity (Wildman–Crippen MR) is 128 cm³/mol. The first kappa shape index (κ1) is 23.4. The number of hydrogen-bond donors (Lipinski definition) is 1. The Kier molecular flexibility index (Phi) is 8.19. The third-order valence-corrected chi connectivity index (χ3v) is 7.06. The molecule has 0 unspecified atom stereocenters.